The number of benzene rings is 1. The molecule has 1 aliphatic carbocycles. The van der Waals surface area contributed by atoms with E-state index in [9.17, 15) is 18.0 Å². The van der Waals surface area contributed by atoms with Crippen molar-refractivity contribution in [2.24, 2.45) is 0 Å². The fourth-order valence-corrected chi connectivity index (χ4v) is 3.64. The van der Waals surface area contributed by atoms with Crippen LogP contribution in [-0.2, 0) is 9.53 Å². The van der Waals surface area contributed by atoms with E-state index >= 15 is 0 Å². The number of methoxy groups -OCH3 is 1. The van der Waals surface area contributed by atoms with Gasteiger partial charge in [0.1, 0.15) is 0 Å². The molecule has 0 heterocycles. The van der Waals surface area contributed by atoms with E-state index in [-0.39, 0.29) is 0 Å². The number of carbonyl (C=O) groups is 1. The van der Waals surface area contributed by atoms with Crippen LogP contribution in [0.4, 0.5) is 13.2 Å². The van der Waals surface area contributed by atoms with Gasteiger partial charge in [0.05, 0.1) is 7.11 Å². The highest BCUT2D eigenvalue weighted by Crippen LogP contribution is 2.66. The lowest BCUT2D eigenvalue weighted by Crippen LogP contribution is -2.72. The number of hydrogen-bond acceptors (Lipinski definition) is 3. The average Bonchev–Trinajstić information content (AvgIpc) is 2.37. The number of thioether (sulfide) groups is 1. The smallest absolute Gasteiger partial charge is 0.327 e. The number of ether oxygens (including phenoxy) is 1. The molecular formula is C12H10ClF3O2S. The van der Waals surface area contributed by atoms with Gasteiger partial charge in [-0.3, -0.25) is 4.79 Å². The zero-order valence-electron chi connectivity index (χ0n) is 9.83. The minimum absolute atomic E-state index is 0.464. The van der Waals surface area contributed by atoms with Crippen molar-refractivity contribution in [3.63, 3.8) is 0 Å². The lowest BCUT2D eigenvalue weighted by atomic mass is 9.77. The molecule has 2 nitrogen and oxygen atoms in total. The van der Waals surface area contributed by atoms with E-state index in [1.54, 1.807) is 30.3 Å². The first kappa shape index (κ1) is 14.5. The molecule has 0 bridgehead atoms. The minimum Gasteiger partial charge on any atom is -0.468 e. The summed E-state index contributed by atoms with van der Waals surface area (Å²) in [5.74, 6) is -4.85. The molecule has 2 unspecified atom stereocenters. The van der Waals surface area contributed by atoms with Gasteiger partial charge >= 0.3 is 5.97 Å². The molecule has 104 valence electrons. The van der Waals surface area contributed by atoms with E-state index in [2.05, 4.69) is 4.74 Å². The fourth-order valence-electron chi connectivity index (χ4n) is 1.92. The van der Waals surface area contributed by atoms with Crippen molar-refractivity contribution in [2.45, 2.75) is 27.1 Å². The highest BCUT2D eigenvalue weighted by atomic mass is 35.5. The van der Waals surface area contributed by atoms with Crippen molar-refractivity contribution >= 4 is 29.3 Å². The molecule has 1 saturated carbocycles. The molecule has 0 N–H and O–H groups in total. The van der Waals surface area contributed by atoms with Crippen molar-refractivity contribution in [3.05, 3.63) is 30.3 Å². The van der Waals surface area contributed by atoms with Crippen LogP contribution in [0.3, 0.4) is 0 Å². The van der Waals surface area contributed by atoms with Gasteiger partial charge in [-0.1, -0.05) is 29.8 Å². The van der Waals surface area contributed by atoms with E-state index in [0.717, 1.165) is 7.11 Å². The molecule has 0 saturated heterocycles. The number of alkyl halides is 4. The van der Waals surface area contributed by atoms with Gasteiger partial charge in [-0.15, -0.1) is 11.8 Å². The summed E-state index contributed by atoms with van der Waals surface area (Å²) in [5, 5.41) is -3.46. The minimum atomic E-state index is -3.76. The molecule has 2 rings (SSSR count). The van der Waals surface area contributed by atoms with E-state index in [0.29, 0.717) is 16.7 Å². The third-order valence-electron chi connectivity index (χ3n) is 2.99. The first-order valence-corrected chi connectivity index (χ1v) is 6.54. The predicted octanol–water partition coefficient (Wildman–Crippen LogP) is 3.63. The molecule has 0 amide bonds. The zero-order valence-corrected chi connectivity index (χ0v) is 11.4. The summed E-state index contributed by atoms with van der Waals surface area (Å²) < 4.78 is 43.0. The number of rotatable bonds is 3. The molecule has 0 spiro atoms. The lowest BCUT2D eigenvalue weighted by molar-refractivity contribution is -0.206. The maximum absolute atomic E-state index is 14.1. The maximum Gasteiger partial charge on any atom is 0.327 e. The highest BCUT2D eigenvalue weighted by molar-refractivity contribution is 8.01. The summed E-state index contributed by atoms with van der Waals surface area (Å²) in [6.07, 6.45) is -0.994. The second-order valence-electron chi connectivity index (χ2n) is 4.19. The first-order valence-electron chi connectivity index (χ1n) is 5.35. The Hall–Kier alpha value is -0.880. The fraction of sp³-hybridized carbons (Fsp3) is 0.417. The molecular weight excluding hydrogens is 301 g/mol. The van der Waals surface area contributed by atoms with Crippen LogP contribution in [0.25, 0.3) is 0 Å². The quantitative estimate of drug-likeness (QED) is 0.630. The predicted molar refractivity (Wildman–Crippen MR) is 66.3 cm³/mol. The summed E-state index contributed by atoms with van der Waals surface area (Å²) in [6.45, 7) is 0. The third-order valence-corrected chi connectivity index (χ3v) is 5.15. The van der Waals surface area contributed by atoms with Gasteiger partial charge in [0, 0.05) is 11.3 Å². The van der Waals surface area contributed by atoms with E-state index in [4.69, 9.17) is 11.6 Å². The van der Waals surface area contributed by atoms with Gasteiger partial charge in [-0.05, 0) is 12.1 Å². The standard InChI is InChI=1S/C12H10ClF3O2S/c1-18-9(17)10(7-11(14,15)12(10,13)16)19-8-5-3-2-4-6-8/h2-6H,7H2,1H3. The third kappa shape index (κ3) is 2.01. The van der Waals surface area contributed by atoms with Gasteiger partial charge < -0.3 is 4.74 Å². The molecule has 1 aliphatic rings. The summed E-state index contributed by atoms with van der Waals surface area (Å²) >= 11 is 5.96. The van der Waals surface area contributed by atoms with Crippen LogP contribution in [-0.4, -0.2) is 28.9 Å². The van der Waals surface area contributed by atoms with Crippen LogP contribution in [0.1, 0.15) is 6.42 Å². The van der Waals surface area contributed by atoms with E-state index in [1.165, 1.54) is 0 Å². The highest BCUT2D eigenvalue weighted by Gasteiger charge is 2.82. The van der Waals surface area contributed by atoms with Gasteiger partial charge in [-0.2, -0.15) is 0 Å². The molecule has 1 aromatic carbocycles. The van der Waals surface area contributed by atoms with Crippen LogP contribution in [0, 0.1) is 0 Å². The van der Waals surface area contributed by atoms with Crippen molar-refractivity contribution in [2.75, 3.05) is 7.11 Å². The number of esters is 1. The maximum atomic E-state index is 14.1. The molecule has 1 fully saturated rings. The first-order chi connectivity index (χ1) is 8.77. The summed E-state index contributed by atoms with van der Waals surface area (Å²) in [4.78, 5) is 12.2. The Bertz CT molecular complexity index is 495. The molecule has 1 aromatic rings. The Morgan fingerprint density at radius 1 is 1.32 bits per heavy atom. The summed E-state index contributed by atoms with van der Waals surface area (Å²) in [7, 11) is 1.01. The van der Waals surface area contributed by atoms with Crippen LogP contribution in [0.15, 0.2) is 35.2 Å². The molecule has 19 heavy (non-hydrogen) atoms. The second kappa shape index (κ2) is 4.59. The number of halogens is 4. The Morgan fingerprint density at radius 2 is 1.89 bits per heavy atom. The van der Waals surface area contributed by atoms with Crippen LogP contribution >= 0.6 is 23.4 Å². The van der Waals surface area contributed by atoms with Crippen molar-refractivity contribution < 1.29 is 22.7 Å². The van der Waals surface area contributed by atoms with Crippen LogP contribution in [0.2, 0.25) is 0 Å². The van der Waals surface area contributed by atoms with E-state index < -0.39 is 28.2 Å². The second-order valence-corrected chi connectivity index (χ2v) is 6.08. The largest absolute Gasteiger partial charge is 0.468 e. The van der Waals surface area contributed by atoms with Gasteiger partial charge in [0.2, 0.25) is 0 Å². The SMILES string of the molecule is COC(=O)C1(Sc2ccccc2)CC(F)(F)C1(F)Cl. The molecule has 0 aliphatic heterocycles. The Labute approximate surface area is 117 Å². The van der Waals surface area contributed by atoms with E-state index in [1.807, 2.05) is 0 Å². The normalized spacial score (nSPS) is 32.5. The number of hydrogen-bond donors (Lipinski definition) is 0. The van der Waals surface area contributed by atoms with Crippen LogP contribution < -0.4 is 0 Å². The monoisotopic (exact) mass is 310 g/mol. The Kier molecular flexibility index (Phi) is 3.51. The van der Waals surface area contributed by atoms with Gasteiger partial charge in [-0.25, -0.2) is 13.2 Å². The Morgan fingerprint density at radius 3 is 2.32 bits per heavy atom. The summed E-state index contributed by atoms with van der Waals surface area (Å²) in [6, 6.07) is 8.18. The van der Waals surface area contributed by atoms with Crippen molar-refractivity contribution in [1.82, 2.24) is 0 Å². The van der Waals surface area contributed by atoms with Gasteiger partial charge in [0.15, 0.2) is 4.75 Å². The number of carbonyl (C=O) groups excluding carboxylic acids is 1. The molecule has 0 radical (unpaired) electrons. The molecule has 2 atom stereocenters. The lowest BCUT2D eigenvalue weighted by Gasteiger charge is -2.52. The summed E-state index contributed by atoms with van der Waals surface area (Å²) in [5.41, 5.74) is 0. The molecule has 0 aromatic heterocycles. The zero-order chi connectivity index (χ0) is 14.3. The average molecular weight is 311 g/mol. The topological polar surface area (TPSA) is 26.3 Å². The molecule has 7 heteroatoms. The van der Waals surface area contributed by atoms with Crippen molar-refractivity contribution in [1.29, 1.82) is 0 Å². The van der Waals surface area contributed by atoms with Crippen LogP contribution in [0.5, 0.6) is 0 Å². The van der Waals surface area contributed by atoms with Gasteiger partial charge in [0.25, 0.3) is 11.1 Å². The van der Waals surface area contributed by atoms with Crippen molar-refractivity contribution in [3.8, 4) is 0 Å². The Balaban J connectivity index is 2.37.